The van der Waals surface area contributed by atoms with Crippen molar-refractivity contribution in [3.8, 4) is 0 Å². The van der Waals surface area contributed by atoms with Crippen molar-refractivity contribution in [3.63, 3.8) is 0 Å². The van der Waals surface area contributed by atoms with E-state index >= 15 is 0 Å². The fraction of sp³-hybridized carbons (Fsp3) is 0.714. The van der Waals surface area contributed by atoms with E-state index in [1.807, 2.05) is 13.8 Å². The maximum atomic E-state index is 10.1. The zero-order valence-electron chi connectivity index (χ0n) is 12.2. The van der Waals surface area contributed by atoms with Gasteiger partial charge >= 0.3 is 0 Å². The fourth-order valence-corrected chi connectivity index (χ4v) is 2.25. The molecule has 108 valence electrons. The van der Waals surface area contributed by atoms with Crippen molar-refractivity contribution < 1.29 is 5.11 Å². The summed E-state index contributed by atoms with van der Waals surface area (Å²) in [6.45, 7) is 8.56. The second kappa shape index (κ2) is 7.65. The lowest BCUT2D eigenvalue weighted by Gasteiger charge is -2.21. The Hall–Kier alpha value is -0.870. The molecule has 0 saturated heterocycles. The number of aliphatic hydroxyl groups is 1. The Balaban J connectivity index is 2.74. The molecule has 0 bridgehead atoms. The number of nitrogens with one attached hydrogen (secondary N) is 1. The minimum Gasteiger partial charge on any atom is -0.391 e. The van der Waals surface area contributed by atoms with E-state index in [1.54, 1.807) is 0 Å². The van der Waals surface area contributed by atoms with Gasteiger partial charge in [-0.3, -0.25) is 0 Å². The van der Waals surface area contributed by atoms with Gasteiger partial charge in [0.1, 0.15) is 16.8 Å². The summed E-state index contributed by atoms with van der Waals surface area (Å²) >= 11 is 6.08. The molecule has 0 spiro atoms. The lowest BCUT2D eigenvalue weighted by molar-refractivity contribution is 0.114. The van der Waals surface area contributed by atoms with Crippen LogP contribution in [0.15, 0.2) is 0 Å². The molecular formula is C14H24ClN3O. The average molecular weight is 286 g/mol. The SMILES string of the molecule is CCc1nc(Cl)c(C)c(NCC(O)C(CC)CC)n1. The molecule has 4 nitrogen and oxygen atoms in total. The van der Waals surface area contributed by atoms with E-state index in [1.165, 1.54) is 0 Å². The van der Waals surface area contributed by atoms with E-state index in [4.69, 9.17) is 11.6 Å². The van der Waals surface area contributed by atoms with Gasteiger partial charge in [-0.1, -0.05) is 45.2 Å². The zero-order valence-corrected chi connectivity index (χ0v) is 13.0. The molecule has 1 atom stereocenters. The maximum Gasteiger partial charge on any atom is 0.137 e. The van der Waals surface area contributed by atoms with Crippen LogP contribution in [0.4, 0.5) is 5.82 Å². The number of hydrogen-bond donors (Lipinski definition) is 2. The van der Waals surface area contributed by atoms with Gasteiger partial charge in [0, 0.05) is 18.5 Å². The van der Waals surface area contributed by atoms with Gasteiger partial charge in [-0.25, -0.2) is 9.97 Å². The topological polar surface area (TPSA) is 58.0 Å². The van der Waals surface area contributed by atoms with Crippen molar-refractivity contribution >= 4 is 17.4 Å². The van der Waals surface area contributed by atoms with Crippen LogP contribution in [-0.2, 0) is 6.42 Å². The zero-order chi connectivity index (χ0) is 14.4. The van der Waals surface area contributed by atoms with E-state index in [2.05, 4.69) is 29.1 Å². The quantitative estimate of drug-likeness (QED) is 0.755. The van der Waals surface area contributed by atoms with Crippen LogP contribution < -0.4 is 5.32 Å². The number of hydrogen-bond acceptors (Lipinski definition) is 4. The van der Waals surface area contributed by atoms with Gasteiger partial charge in [-0.05, 0) is 12.8 Å². The fourth-order valence-electron chi connectivity index (χ4n) is 2.06. The Kier molecular flexibility index (Phi) is 6.52. The van der Waals surface area contributed by atoms with Crippen LogP contribution in [0.2, 0.25) is 5.15 Å². The van der Waals surface area contributed by atoms with E-state index in [9.17, 15) is 5.11 Å². The molecule has 1 aromatic rings. The number of aryl methyl sites for hydroxylation is 1. The van der Waals surface area contributed by atoms with Gasteiger partial charge in [0.05, 0.1) is 6.10 Å². The smallest absolute Gasteiger partial charge is 0.137 e. The molecule has 1 unspecified atom stereocenters. The van der Waals surface area contributed by atoms with Crippen LogP contribution in [0.3, 0.4) is 0 Å². The van der Waals surface area contributed by atoms with Crippen molar-refractivity contribution in [2.24, 2.45) is 5.92 Å². The van der Waals surface area contributed by atoms with Gasteiger partial charge in [0.15, 0.2) is 0 Å². The average Bonchev–Trinajstić information content (AvgIpc) is 2.41. The van der Waals surface area contributed by atoms with Crippen LogP contribution in [0.5, 0.6) is 0 Å². The molecule has 0 radical (unpaired) electrons. The van der Waals surface area contributed by atoms with Crippen LogP contribution in [0, 0.1) is 12.8 Å². The third kappa shape index (κ3) is 4.32. The molecular weight excluding hydrogens is 262 g/mol. The molecule has 0 aliphatic rings. The van der Waals surface area contributed by atoms with Crippen molar-refractivity contribution in [2.45, 2.75) is 53.1 Å². The van der Waals surface area contributed by atoms with E-state index in [-0.39, 0.29) is 6.10 Å². The predicted molar refractivity (Wildman–Crippen MR) is 79.7 cm³/mol. The number of aliphatic hydroxyl groups excluding tert-OH is 1. The monoisotopic (exact) mass is 285 g/mol. The van der Waals surface area contributed by atoms with Gasteiger partial charge in [-0.15, -0.1) is 0 Å². The number of halogens is 1. The second-order valence-electron chi connectivity index (χ2n) is 4.78. The molecule has 2 N–H and O–H groups in total. The molecule has 0 aliphatic heterocycles. The first kappa shape index (κ1) is 16.2. The molecule has 5 heteroatoms. The lowest BCUT2D eigenvalue weighted by atomic mass is 9.96. The third-order valence-electron chi connectivity index (χ3n) is 3.52. The molecule has 0 saturated carbocycles. The summed E-state index contributed by atoms with van der Waals surface area (Å²) < 4.78 is 0. The summed E-state index contributed by atoms with van der Waals surface area (Å²) in [6, 6.07) is 0. The van der Waals surface area contributed by atoms with Gasteiger partial charge in [-0.2, -0.15) is 0 Å². The number of anilines is 1. The van der Waals surface area contributed by atoms with E-state index < -0.39 is 0 Å². The second-order valence-corrected chi connectivity index (χ2v) is 5.14. The summed E-state index contributed by atoms with van der Waals surface area (Å²) in [5.41, 5.74) is 0.829. The van der Waals surface area contributed by atoms with E-state index in [0.717, 1.165) is 36.5 Å². The molecule has 0 aliphatic carbocycles. The first-order valence-corrected chi connectivity index (χ1v) is 7.36. The minimum absolute atomic E-state index is 0.316. The van der Waals surface area contributed by atoms with Gasteiger partial charge in [0.25, 0.3) is 0 Å². The standard InChI is InChI=1S/C14H24ClN3O/c1-5-10(6-2)11(19)8-16-14-9(4)13(15)17-12(7-3)18-14/h10-11,19H,5-8H2,1-4H3,(H,16,17,18). The highest BCUT2D eigenvalue weighted by Gasteiger charge is 2.16. The van der Waals surface area contributed by atoms with Crippen LogP contribution in [0.1, 0.15) is 45.0 Å². The Morgan fingerprint density at radius 1 is 1.21 bits per heavy atom. The Morgan fingerprint density at radius 2 is 1.84 bits per heavy atom. The Labute approximate surface area is 120 Å². The number of nitrogens with zero attached hydrogens (tertiary/aromatic N) is 2. The lowest BCUT2D eigenvalue weighted by Crippen LogP contribution is -2.28. The highest BCUT2D eigenvalue weighted by Crippen LogP contribution is 2.21. The van der Waals surface area contributed by atoms with Crippen molar-refractivity contribution in [2.75, 3.05) is 11.9 Å². The van der Waals surface area contributed by atoms with Crippen LogP contribution in [-0.4, -0.2) is 27.7 Å². The summed E-state index contributed by atoms with van der Waals surface area (Å²) in [6.07, 6.45) is 2.32. The third-order valence-corrected chi connectivity index (χ3v) is 3.89. The van der Waals surface area contributed by atoms with Gasteiger partial charge < -0.3 is 10.4 Å². The molecule has 1 aromatic heterocycles. The minimum atomic E-state index is -0.367. The van der Waals surface area contributed by atoms with Crippen LogP contribution in [0.25, 0.3) is 0 Å². The first-order chi connectivity index (χ1) is 9.03. The van der Waals surface area contributed by atoms with Gasteiger partial charge in [0.2, 0.25) is 0 Å². The summed E-state index contributed by atoms with van der Waals surface area (Å²) in [5, 5.41) is 13.8. The molecule has 0 fully saturated rings. The Bertz CT molecular complexity index is 408. The van der Waals surface area contributed by atoms with Crippen LogP contribution >= 0.6 is 11.6 Å². The maximum absolute atomic E-state index is 10.1. The molecule has 19 heavy (non-hydrogen) atoms. The first-order valence-electron chi connectivity index (χ1n) is 6.98. The molecule has 1 heterocycles. The number of rotatable bonds is 7. The highest BCUT2D eigenvalue weighted by molar-refractivity contribution is 6.30. The highest BCUT2D eigenvalue weighted by atomic mass is 35.5. The van der Waals surface area contributed by atoms with Crippen molar-refractivity contribution in [1.29, 1.82) is 0 Å². The number of aromatic nitrogens is 2. The Morgan fingerprint density at radius 3 is 2.37 bits per heavy atom. The predicted octanol–water partition coefficient (Wildman–Crippen LogP) is 3.21. The summed E-state index contributed by atoms with van der Waals surface area (Å²) in [5.74, 6) is 1.76. The largest absolute Gasteiger partial charge is 0.391 e. The molecule has 0 aromatic carbocycles. The van der Waals surface area contributed by atoms with Crippen molar-refractivity contribution in [3.05, 3.63) is 16.5 Å². The summed E-state index contributed by atoms with van der Waals surface area (Å²) in [7, 11) is 0. The summed E-state index contributed by atoms with van der Waals surface area (Å²) in [4.78, 5) is 8.62. The molecule has 0 amide bonds. The normalized spacial score (nSPS) is 12.8. The van der Waals surface area contributed by atoms with Crippen molar-refractivity contribution in [1.82, 2.24) is 9.97 Å². The van der Waals surface area contributed by atoms with E-state index in [0.29, 0.717) is 17.6 Å². The molecule has 1 rings (SSSR count).